The molecule has 0 aliphatic carbocycles. The van der Waals surface area contributed by atoms with E-state index in [0.717, 1.165) is 11.1 Å². The molecule has 1 aromatic heterocycles. The highest BCUT2D eigenvalue weighted by atomic mass is 16.4. The Balaban J connectivity index is 2.41. The number of benzene rings is 1. The number of H-pyrrole nitrogens is 1. The lowest BCUT2D eigenvalue weighted by Crippen LogP contribution is -2.03. The largest absolute Gasteiger partial charge is 0.477 e. The van der Waals surface area contributed by atoms with Crippen molar-refractivity contribution in [2.45, 2.75) is 13.8 Å². The zero-order valence-corrected chi connectivity index (χ0v) is 10.2. The molecule has 0 aliphatic rings. The lowest BCUT2D eigenvalue weighted by atomic mass is 9.99. The van der Waals surface area contributed by atoms with E-state index in [1.165, 1.54) is 12.3 Å². The minimum atomic E-state index is -1.07. The molecule has 0 unspecified atom stereocenters. The van der Waals surface area contributed by atoms with Gasteiger partial charge in [-0.3, -0.25) is 4.79 Å². The maximum atomic E-state index is 12.2. The number of carboxylic acids is 1. The van der Waals surface area contributed by atoms with Gasteiger partial charge in [0.2, 0.25) is 0 Å². The van der Waals surface area contributed by atoms with Gasteiger partial charge in [0.05, 0.1) is 0 Å². The first-order valence-corrected chi connectivity index (χ1v) is 5.52. The Hall–Kier alpha value is -2.36. The van der Waals surface area contributed by atoms with Gasteiger partial charge in [-0.2, -0.15) is 0 Å². The van der Waals surface area contributed by atoms with Crippen LogP contribution in [-0.2, 0) is 0 Å². The van der Waals surface area contributed by atoms with Crippen LogP contribution in [0.4, 0.5) is 0 Å². The molecule has 0 saturated heterocycles. The number of hydrogen-bond donors (Lipinski definition) is 2. The topological polar surface area (TPSA) is 70.2 Å². The third-order valence-electron chi connectivity index (χ3n) is 2.81. The van der Waals surface area contributed by atoms with E-state index < -0.39 is 5.97 Å². The number of carbonyl (C=O) groups excluding carboxylic acids is 1. The van der Waals surface area contributed by atoms with Gasteiger partial charge in [-0.15, -0.1) is 0 Å². The first kappa shape index (κ1) is 12.1. The van der Waals surface area contributed by atoms with E-state index in [9.17, 15) is 9.59 Å². The zero-order valence-electron chi connectivity index (χ0n) is 10.2. The number of carboxylic acid groups (broad SMARTS) is 1. The van der Waals surface area contributed by atoms with Gasteiger partial charge in [0, 0.05) is 17.3 Å². The molecule has 0 saturated carbocycles. The SMILES string of the molecule is Cc1ccc(C)c(C(=O)c2c[nH]c(C(=O)O)c2)c1. The molecule has 4 nitrogen and oxygen atoms in total. The number of ketones is 1. The van der Waals surface area contributed by atoms with Crippen LogP contribution in [0.1, 0.15) is 37.5 Å². The van der Waals surface area contributed by atoms with Crippen molar-refractivity contribution in [1.29, 1.82) is 0 Å². The lowest BCUT2D eigenvalue weighted by Gasteiger charge is -2.04. The lowest BCUT2D eigenvalue weighted by molar-refractivity contribution is 0.0691. The summed E-state index contributed by atoms with van der Waals surface area (Å²) in [6.07, 6.45) is 1.42. The van der Waals surface area contributed by atoms with E-state index in [4.69, 9.17) is 5.11 Å². The number of nitrogens with one attached hydrogen (secondary N) is 1. The van der Waals surface area contributed by atoms with E-state index in [1.807, 2.05) is 32.0 Å². The number of hydrogen-bond acceptors (Lipinski definition) is 2. The van der Waals surface area contributed by atoms with Gasteiger partial charge in [-0.05, 0) is 31.5 Å². The van der Waals surface area contributed by atoms with Gasteiger partial charge in [0.1, 0.15) is 5.69 Å². The standard InChI is InChI=1S/C14H13NO3/c1-8-3-4-9(2)11(5-8)13(16)10-6-12(14(17)18)15-7-10/h3-7,15H,1-2H3,(H,17,18). The van der Waals surface area contributed by atoms with Crippen molar-refractivity contribution in [3.05, 3.63) is 58.4 Å². The van der Waals surface area contributed by atoms with E-state index >= 15 is 0 Å². The van der Waals surface area contributed by atoms with Crippen molar-refractivity contribution in [3.8, 4) is 0 Å². The van der Waals surface area contributed by atoms with Crippen molar-refractivity contribution < 1.29 is 14.7 Å². The summed E-state index contributed by atoms with van der Waals surface area (Å²) < 4.78 is 0. The number of rotatable bonds is 3. The van der Waals surface area contributed by atoms with Gasteiger partial charge in [0.15, 0.2) is 5.78 Å². The molecular weight excluding hydrogens is 230 g/mol. The first-order valence-electron chi connectivity index (χ1n) is 5.52. The minimum Gasteiger partial charge on any atom is -0.477 e. The second kappa shape index (κ2) is 4.49. The highest BCUT2D eigenvalue weighted by Gasteiger charge is 2.15. The number of aromatic carboxylic acids is 1. The molecule has 1 heterocycles. The third kappa shape index (κ3) is 2.18. The molecule has 2 aromatic rings. The molecule has 92 valence electrons. The number of aromatic amines is 1. The van der Waals surface area contributed by atoms with E-state index in [1.54, 1.807) is 0 Å². The Morgan fingerprint density at radius 3 is 2.50 bits per heavy atom. The van der Waals surface area contributed by atoms with Crippen LogP contribution in [0.3, 0.4) is 0 Å². The number of aromatic nitrogens is 1. The Bertz CT molecular complexity index is 626. The summed E-state index contributed by atoms with van der Waals surface area (Å²) in [6.45, 7) is 3.77. The summed E-state index contributed by atoms with van der Waals surface area (Å²) in [4.78, 5) is 25.6. The maximum Gasteiger partial charge on any atom is 0.352 e. The molecular formula is C14H13NO3. The summed E-state index contributed by atoms with van der Waals surface area (Å²) in [5.41, 5.74) is 2.86. The van der Waals surface area contributed by atoms with Gasteiger partial charge >= 0.3 is 5.97 Å². The van der Waals surface area contributed by atoms with Crippen LogP contribution in [0, 0.1) is 13.8 Å². The van der Waals surface area contributed by atoms with Crippen molar-refractivity contribution in [1.82, 2.24) is 4.98 Å². The van der Waals surface area contributed by atoms with Crippen LogP contribution in [0.15, 0.2) is 30.5 Å². The molecule has 2 N–H and O–H groups in total. The Morgan fingerprint density at radius 2 is 1.89 bits per heavy atom. The Labute approximate surface area is 104 Å². The molecule has 0 spiro atoms. The molecule has 0 aliphatic heterocycles. The van der Waals surface area contributed by atoms with Gasteiger partial charge in [-0.1, -0.05) is 17.7 Å². The zero-order chi connectivity index (χ0) is 13.3. The Kier molecular flexibility index (Phi) is 3.02. The fourth-order valence-electron chi connectivity index (χ4n) is 1.78. The van der Waals surface area contributed by atoms with E-state index in [2.05, 4.69) is 4.98 Å². The third-order valence-corrected chi connectivity index (χ3v) is 2.81. The molecule has 4 heteroatoms. The van der Waals surface area contributed by atoms with Gasteiger partial charge in [0.25, 0.3) is 0 Å². The van der Waals surface area contributed by atoms with E-state index in [0.29, 0.717) is 11.1 Å². The average molecular weight is 243 g/mol. The fraction of sp³-hybridized carbons (Fsp3) is 0.143. The number of carbonyl (C=O) groups is 2. The fourth-order valence-corrected chi connectivity index (χ4v) is 1.78. The second-order valence-electron chi connectivity index (χ2n) is 4.25. The molecule has 1 aromatic carbocycles. The number of aryl methyl sites for hydroxylation is 2. The minimum absolute atomic E-state index is 0.0173. The van der Waals surface area contributed by atoms with Crippen LogP contribution in [-0.4, -0.2) is 21.8 Å². The normalized spacial score (nSPS) is 10.3. The van der Waals surface area contributed by atoms with Gasteiger partial charge in [-0.25, -0.2) is 4.79 Å². The first-order chi connectivity index (χ1) is 8.49. The summed E-state index contributed by atoms with van der Waals surface area (Å²) in [5.74, 6) is -1.24. The average Bonchev–Trinajstić information content (AvgIpc) is 2.81. The molecule has 0 atom stereocenters. The summed E-state index contributed by atoms with van der Waals surface area (Å²) in [5, 5.41) is 8.81. The van der Waals surface area contributed by atoms with Crippen molar-refractivity contribution >= 4 is 11.8 Å². The molecule has 0 radical (unpaired) electrons. The molecule has 2 rings (SSSR count). The quantitative estimate of drug-likeness (QED) is 0.814. The molecule has 18 heavy (non-hydrogen) atoms. The smallest absolute Gasteiger partial charge is 0.352 e. The monoisotopic (exact) mass is 243 g/mol. The highest BCUT2D eigenvalue weighted by molar-refractivity contribution is 6.10. The van der Waals surface area contributed by atoms with Crippen molar-refractivity contribution in [3.63, 3.8) is 0 Å². The molecule has 0 amide bonds. The summed E-state index contributed by atoms with van der Waals surface area (Å²) >= 11 is 0. The van der Waals surface area contributed by atoms with Crippen LogP contribution in [0.2, 0.25) is 0 Å². The van der Waals surface area contributed by atoms with Crippen molar-refractivity contribution in [2.75, 3.05) is 0 Å². The molecule has 0 bridgehead atoms. The van der Waals surface area contributed by atoms with Crippen LogP contribution in [0.25, 0.3) is 0 Å². The van der Waals surface area contributed by atoms with Crippen LogP contribution < -0.4 is 0 Å². The van der Waals surface area contributed by atoms with Gasteiger partial charge < -0.3 is 10.1 Å². The second-order valence-corrected chi connectivity index (χ2v) is 4.25. The maximum absolute atomic E-state index is 12.2. The Morgan fingerprint density at radius 1 is 1.17 bits per heavy atom. The van der Waals surface area contributed by atoms with Crippen molar-refractivity contribution in [2.24, 2.45) is 0 Å². The van der Waals surface area contributed by atoms with Crippen LogP contribution in [0.5, 0.6) is 0 Å². The summed E-state index contributed by atoms with van der Waals surface area (Å²) in [7, 11) is 0. The van der Waals surface area contributed by atoms with E-state index in [-0.39, 0.29) is 11.5 Å². The highest BCUT2D eigenvalue weighted by Crippen LogP contribution is 2.16. The summed E-state index contributed by atoms with van der Waals surface area (Å²) in [6, 6.07) is 6.98. The molecule has 0 fully saturated rings. The predicted octanol–water partition coefficient (Wildman–Crippen LogP) is 2.56. The predicted molar refractivity (Wildman–Crippen MR) is 67.1 cm³/mol. The van der Waals surface area contributed by atoms with Crippen LogP contribution >= 0.6 is 0 Å².